The molecule has 2 heterocycles. The number of anilines is 1. The van der Waals surface area contributed by atoms with Gasteiger partial charge in [-0.2, -0.15) is 0 Å². The van der Waals surface area contributed by atoms with Gasteiger partial charge in [0.1, 0.15) is 17.5 Å². The van der Waals surface area contributed by atoms with E-state index < -0.39 is 0 Å². The highest BCUT2D eigenvalue weighted by Gasteiger charge is 2.22. The monoisotopic (exact) mass is 492 g/mol. The predicted molar refractivity (Wildman–Crippen MR) is 141 cm³/mol. The first kappa shape index (κ1) is 25.4. The van der Waals surface area contributed by atoms with Crippen LogP contribution in [0, 0.1) is 16.6 Å². The number of allylic oxidation sites excluding steroid dienone is 1. The lowest BCUT2D eigenvalue weighted by Crippen LogP contribution is -2.49. The third-order valence-electron chi connectivity index (χ3n) is 6.44. The molecule has 0 aromatic heterocycles. The molecule has 0 saturated carbocycles. The molecular weight excluding hydrogens is 459 g/mol. The highest BCUT2D eigenvalue weighted by Crippen LogP contribution is 2.36. The Bertz CT molecular complexity index is 1150. The number of methoxy groups -OCH3 is 1. The molecule has 1 saturated heterocycles. The number of fused-ring (bicyclic) bond motifs is 1. The Labute approximate surface area is 211 Å². The molecule has 4 rings (SSSR count). The average Bonchev–Trinajstić information content (AvgIpc) is 2.88. The van der Waals surface area contributed by atoms with Gasteiger partial charge in [0.25, 0.3) is 0 Å². The molecule has 0 spiro atoms. The summed E-state index contributed by atoms with van der Waals surface area (Å²) in [5.74, 6) is 2.38. The van der Waals surface area contributed by atoms with E-state index in [2.05, 4.69) is 22.1 Å². The van der Waals surface area contributed by atoms with Gasteiger partial charge in [0.05, 0.1) is 26.6 Å². The summed E-state index contributed by atoms with van der Waals surface area (Å²) in [6.07, 6.45) is 6.70. The van der Waals surface area contributed by atoms with Gasteiger partial charge in [-0.25, -0.2) is 9.38 Å². The number of ether oxygens (including phenoxy) is 2. The smallest absolute Gasteiger partial charge is 0.161 e. The number of benzene rings is 2. The molecule has 3 N–H and O–H groups in total. The summed E-state index contributed by atoms with van der Waals surface area (Å²) in [4.78, 5) is 8.50. The van der Waals surface area contributed by atoms with Crippen molar-refractivity contribution in [3.63, 3.8) is 0 Å². The van der Waals surface area contributed by atoms with Crippen molar-refractivity contribution < 1.29 is 13.9 Å². The molecule has 190 valence electrons. The summed E-state index contributed by atoms with van der Waals surface area (Å²) in [5.41, 5.74) is 2.76. The first-order valence-electron chi connectivity index (χ1n) is 12.2. The first-order valence-corrected chi connectivity index (χ1v) is 12.2. The van der Waals surface area contributed by atoms with Crippen molar-refractivity contribution in [3.8, 4) is 11.5 Å². The molecule has 8 nitrogen and oxygen atoms in total. The summed E-state index contributed by atoms with van der Waals surface area (Å²) in [5, 5.41) is 18.7. The highest BCUT2D eigenvalue weighted by atomic mass is 19.1. The molecule has 0 bridgehead atoms. The Morgan fingerprint density at radius 3 is 2.72 bits per heavy atom. The van der Waals surface area contributed by atoms with E-state index >= 15 is 0 Å². The Kier molecular flexibility index (Phi) is 8.32. The van der Waals surface area contributed by atoms with Crippen LogP contribution < -0.4 is 14.8 Å². The molecule has 2 aromatic carbocycles. The van der Waals surface area contributed by atoms with Crippen molar-refractivity contribution in [2.75, 3.05) is 45.2 Å². The second kappa shape index (κ2) is 11.8. The predicted octanol–water partition coefficient (Wildman–Crippen LogP) is 4.68. The highest BCUT2D eigenvalue weighted by molar-refractivity contribution is 6.10. The molecule has 9 heteroatoms. The van der Waals surface area contributed by atoms with Crippen molar-refractivity contribution in [2.45, 2.75) is 25.7 Å². The number of hydrogen-bond acceptors (Lipinski definition) is 7. The quantitative estimate of drug-likeness (QED) is 0.282. The van der Waals surface area contributed by atoms with E-state index in [1.165, 1.54) is 18.5 Å². The number of nitrogens with one attached hydrogen (secondary N) is 3. The minimum absolute atomic E-state index is 0.245. The third-order valence-corrected chi connectivity index (χ3v) is 6.44. The lowest BCUT2D eigenvalue weighted by molar-refractivity contribution is 0.226. The number of hydrogen-bond donors (Lipinski definition) is 3. The lowest BCUT2D eigenvalue weighted by atomic mass is 9.91. The van der Waals surface area contributed by atoms with Crippen LogP contribution in [0.25, 0.3) is 0 Å². The van der Waals surface area contributed by atoms with Crippen LogP contribution in [0.5, 0.6) is 11.5 Å². The summed E-state index contributed by atoms with van der Waals surface area (Å²) in [7, 11) is 1.64. The van der Waals surface area contributed by atoms with Crippen LogP contribution in [0.1, 0.15) is 36.8 Å². The molecule has 1 atom stereocenters. The SMILES string of the molecule is COc1cc2c(cc1OCCCN1CCN(C=N)C(=N)C1)C(Nc1ccc(F)cc1)=NC=CCC2C. The maximum atomic E-state index is 13.4. The van der Waals surface area contributed by atoms with E-state index in [4.69, 9.17) is 20.3 Å². The maximum Gasteiger partial charge on any atom is 0.161 e. The van der Waals surface area contributed by atoms with Gasteiger partial charge in [0.15, 0.2) is 11.5 Å². The molecule has 2 aromatic rings. The standard InChI is InChI=1S/C27H33FN6O2/c1-19-5-3-10-31-27(32-21-8-6-20(28)7-9-21)23-16-25(24(35-2)15-22(19)23)36-14-4-11-33-12-13-34(18-29)26(30)17-33/h3,6-10,15-16,18-19,29-30H,4-5,11-14,17H2,1-2H3,(H,31,32). The van der Waals surface area contributed by atoms with Crippen molar-refractivity contribution >= 4 is 23.7 Å². The van der Waals surface area contributed by atoms with Crippen molar-refractivity contribution in [1.82, 2.24) is 9.80 Å². The summed E-state index contributed by atoms with van der Waals surface area (Å²) >= 11 is 0. The Morgan fingerprint density at radius 1 is 1.19 bits per heavy atom. The van der Waals surface area contributed by atoms with Crippen LogP contribution in [0.3, 0.4) is 0 Å². The van der Waals surface area contributed by atoms with Gasteiger partial charge < -0.3 is 19.7 Å². The van der Waals surface area contributed by atoms with E-state index in [-0.39, 0.29) is 11.7 Å². The molecule has 2 aliphatic rings. The van der Waals surface area contributed by atoms with E-state index in [9.17, 15) is 4.39 Å². The second-order valence-corrected chi connectivity index (χ2v) is 8.97. The van der Waals surface area contributed by atoms with E-state index in [0.29, 0.717) is 42.9 Å². The van der Waals surface area contributed by atoms with Crippen LogP contribution in [0.2, 0.25) is 0 Å². The molecule has 36 heavy (non-hydrogen) atoms. The normalized spacial score (nSPS) is 18.1. The van der Waals surface area contributed by atoms with Gasteiger partial charge >= 0.3 is 0 Å². The summed E-state index contributed by atoms with van der Waals surface area (Å²) < 4.78 is 25.3. The van der Waals surface area contributed by atoms with Crippen LogP contribution in [-0.2, 0) is 0 Å². The van der Waals surface area contributed by atoms with Crippen LogP contribution in [0.4, 0.5) is 10.1 Å². The molecule has 1 fully saturated rings. The Hall–Kier alpha value is -3.72. The van der Waals surface area contributed by atoms with Crippen molar-refractivity contribution in [2.24, 2.45) is 4.99 Å². The number of aliphatic imine (C=N–C) groups is 1. The topological polar surface area (TPSA) is 97.0 Å². The van der Waals surface area contributed by atoms with Gasteiger partial charge in [-0.15, -0.1) is 0 Å². The van der Waals surface area contributed by atoms with Crippen molar-refractivity contribution in [1.29, 1.82) is 10.8 Å². The van der Waals surface area contributed by atoms with Gasteiger partial charge in [-0.05, 0) is 60.7 Å². The van der Waals surface area contributed by atoms with E-state index in [1.807, 2.05) is 18.2 Å². The molecule has 1 unspecified atom stereocenters. The number of nitrogens with zero attached hydrogens (tertiary/aromatic N) is 3. The van der Waals surface area contributed by atoms with Gasteiger partial charge in [-0.3, -0.25) is 15.7 Å². The second-order valence-electron chi connectivity index (χ2n) is 8.97. The zero-order valence-electron chi connectivity index (χ0n) is 20.8. The van der Waals surface area contributed by atoms with Gasteiger partial charge in [0.2, 0.25) is 0 Å². The van der Waals surface area contributed by atoms with Gasteiger partial charge in [0, 0.05) is 37.1 Å². The van der Waals surface area contributed by atoms with E-state index in [0.717, 1.165) is 42.7 Å². The minimum Gasteiger partial charge on any atom is -0.493 e. The number of halogens is 1. The molecule has 2 aliphatic heterocycles. The number of rotatable bonds is 8. The third kappa shape index (κ3) is 6.09. The van der Waals surface area contributed by atoms with Crippen LogP contribution in [0.15, 0.2) is 53.7 Å². The Balaban J connectivity index is 1.49. The van der Waals surface area contributed by atoms with Gasteiger partial charge in [-0.1, -0.05) is 13.0 Å². The number of amidine groups is 2. The van der Waals surface area contributed by atoms with Crippen LogP contribution >= 0.6 is 0 Å². The fraction of sp³-hybridized carbons (Fsp3) is 0.370. The lowest BCUT2D eigenvalue weighted by Gasteiger charge is -2.33. The van der Waals surface area contributed by atoms with E-state index in [1.54, 1.807) is 30.3 Å². The average molecular weight is 493 g/mol. The maximum absolute atomic E-state index is 13.4. The fourth-order valence-corrected chi connectivity index (χ4v) is 4.39. The largest absolute Gasteiger partial charge is 0.493 e. The zero-order valence-corrected chi connectivity index (χ0v) is 20.8. The minimum atomic E-state index is -0.289. The van der Waals surface area contributed by atoms with Crippen LogP contribution in [-0.4, -0.2) is 67.7 Å². The Morgan fingerprint density at radius 2 is 2.00 bits per heavy atom. The fourth-order valence-electron chi connectivity index (χ4n) is 4.39. The molecule has 0 amide bonds. The molecule has 0 radical (unpaired) electrons. The molecule has 0 aliphatic carbocycles. The first-order chi connectivity index (χ1) is 17.5. The number of piperazine rings is 1. The zero-order chi connectivity index (χ0) is 25.5. The van der Waals surface area contributed by atoms with Crippen molar-refractivity contribution in [3.05, 3.63) is 65.6 Å². The molecular formula is C27H33FN6O2. The summed E-state index contributed by atoms with van der Waals surface area (Å²) in [6.45, 7) is 5.50. The summed E-state index contributed by atoms with van der Waals surface area (Å²) in [6, 6.07) is 10.2.